The number of halogens is 4. The van der Waals surface area contributed by atoms with E-state index in [-0.39, 0.29) is 22.8 Å². The minimum Gasteiger partial charge on any atom is -0.457 e. The van der Waals surface area contributed by atoms with Crippen molar-refractivity contribution < 1.29 is 32.0 Å². The molecule has 1 amide bonds. The number of anilines is 1. The van der Waals surface area contributed by atoms with Crippen molar-refractivity contribution in [2.45, 2.75) is 19.8 Å². The lowest BCUT2D eigenvalue weighted by Gasteiger charge is -2.10. The van der Waals surface area contributed by atoms with E-state index >= 15 is 0 Å². The van der Waals surface area contributed by atoms with E-state index in [2.05, 4.69) is 15.4 Å². The molecule has 4 aromatic rings. The van der Waals surface area contributed by atoms with Crippen LogP contribution in [0.4, 0.5) is 28.9 Å². The Kier molecular flexibility index (Phi) is 6.32. The molecule has 1 N–H and O–H groups in total. The quantitative estimate of drug-likeness (QED) is 0.198. The average Bonchev–Trinajstić information content (AvgIpc) is 3.24. The number of amides is 1. The molecule has 0 fully saturated rings. The van der Waals surface area contributed by atoms with Crippen molar-refractivity contribution in [2.24, 2.45) is 0 Å². The van der Waals surface area contributed by atoms with Crippen LogP contribution in [0.5, 0.6) is 11.5 Å². The monoisotopic (exact) mass is 489 g/mol. The molecule has 0 atom stereocenters. The molecule has 0 aliphatic rings. The van der Waals surface area contributed by atoms with Crippen LogP contribution in [0.3, 0.4) is 0 Å². The highest BCUT2D eigenvalue weighted by atomic mass is 19.3. The smallest absolute Gasteiger partial charge is 0.280 e. The van der Waals surface area contributed by atoms with Crippen LogP contribution >= 0.6 is 0 Å². The van der Waals surface area contributed by atoms with Gasteiger partial charge < -0.3 is 10.1 Å². The summed E-state index contributed by atoms with van der Waals surface area (Å²) in [6, 6.07) is 12.0. The maximum absolute atomic E-state index is 13.4. The third kappa shape index (κ3) is 5.03. The largest absolute Gasteiger partial charge is 0.457 e. The normalized spacial score (nSPS) is 11.3. The maximum atomic E-state index is 13.4. The van der Waals surface area contributed by atoms with Gasteiger partial charge in [0.25, 0.3) is 24.4 Å². The number of nitrogens with one attached hydrogen (secondary N) is 1. The zero-order valence-electron chi connectivity index (χ0n) is 17.8. The number of nitro groups is 1. The summed E-state index contributed by atoms with van der Waals surface area (Å²) in [5.41, 5.74) is -2.22. The van der Waals surface area contributed by atoms with E-state index in [4.69, 9.17) is 4.74 Å². The number of hydrogen-bond donors (Lipinski definition) is 1. The highest BCUT2D eigenvalue weighted by molar-refractivity contribution is 6.03. The van der Waals surface area contributed by atoms with Crippen molar-refractivity contribution in [3.05, 3.63) is 87.4 Å². The molecule has 4 rings (SSSR count). The second-order valence-electron chi connectivity index (χ2n) is 7.30. The van der Waals surface area contributed by atoms with Crippen molar-refractivity contribution in [2.75, 3.05) is 5.32 Å². The lowest BCUT2D eigenvalue weighted by molar-refractivity contribution is -0.384. The fourth-order valence-electron chi connectivity index (χ4n) is 3.21. The van der Waals surface area contributed by atoms with Gasteiger partial charge in [0.2, 0.25) is 0 Å². The Hall–Kier alpha value is -4.55. The van der Waals surface area contributed by atoms with Gasteiger partial charge in [-0.05, 0) is 24.6 Å². The highest BCUT2D eigenvalue weighted by Crippen LogP contribution is 2.31. The van der Waals surface area contributed by atoms with E-state index in [9.17, 15) is 32.5 Å². The van der Waals surface area contributed by atoms with Crippen molar-refractivity contribution in [3.8, 4) is 11.5 Å². The second kappa shape index (κ2) is 9.37. The number of aryl methyl sites for hydroxylation is 1. The molecular weight excluding hydrogens is 474 g/mol. The van der Waals surface area contributed by atoms with Gasteiger partial charge in [0.1, 0.15) is 22.9 Å². The molecule has 9 nitrogen and oxygen atoms in total. The number of hydrogen-bond acceptors (Lipinski definition) is 6. The summed E-state index contributed by atoms with van der Waals surface area (Å²) < 4.78 is 59.1. The molecule has 2 aromatic heterocycles. The first-order chi connectivity index (χ1) is 16.6. The molecule has 0 saturated heterocycles. The molecule has 180 valence electrons. The number of alkyl halides is 4. The minimum absolute atomic E-state index is 0.0415. The van der Waals surface area contributed by atoms with Gasteiger partial charge in [-0.2, -0.15) is 5.10 Å². The molecule has 0 aliphatic carbocycles. The number of aromatic nitrogens is 3. The zero-order chi connectivity index (χ0) is 25.3. The summed E-state index contributed by atoms with van der Waals surface area (Å²) in [5, 5.41) is 17.5. The molecule has 0 aliphatic heterocycles. The molecule has 0 saturated carbocycles. The SMILES string of the molecule is Cc1ccccc1Oc1cc(NC(=O)c2cc3nc(C(F)F)cc(C(F)F)n3n2)cc([N+](=O)[O-])c1. The lowest BCUT2D eigenvalue weighted by Crippen LogP contribution is -2.13. The summed E-state index contributed by atoms with van der Waals surface area (Å²) in [4.78, 5) is 27.0. The van der Waals surface area contributed by atoms with Gasteiger partial charge in [-0.3, -0.25) is 14.9 Å². The number of non-ortho nitro benzene ring substituents is 1. The number of rotatable bonds is 7. The molecule has 0 radical (unpaired) electrons. The van der Waals surface area contributed by atoms with Crippen LogP contribution in [-0.2, 0) is 0 Å². The Balaban J connectivity index is 1.67. The predicted molar refractivity (Wildman–Crippen MR) is 115 cm³/mol. The number of ether oxygens (including phenoxy) is 1. The third-order valence-corrected chi connectivity index (χ3v) is 4.84. The van der Waals surface area contributed by atoms with Gasteiger partial charge in [-0.25, -0.2) is 27.1 Å². The molecule has 2 heterocycles. The van der Waals surface area contributed by atoms with Crippen LogP contribution in [-0.4, -0.2) is 25.4 Å². The number of nitrogens with zero attached hydrogens (tertiary/aromatic N) is 4. The average molecular weight is 489 g/mol. The Bertz CT molecular complexity index is 1440. The summed E-state index contributed by atoms with van der Waals surface area (Å²) in [5.74, 6) is -0.440. The molecular formula is C22H15F4N5O4. The highest BCUT2D eigenvalue weighted by Gasteiger charge is 2.22. The maximum Gasteiger partial charge on any atom is 0.280 e. The van der Waals surface area contributed by atoms with Crippen LogP contribution in [0.2, 0.25) is 0 Å². The van der Waals surface area contributed by atoms with Crippen molar-refractivity contribution in [1.82, 2.24) is 14.6 Å². The lowest BCUT2D eigenvalue weighted by atomic mass is 10.2. The minimum atomic E-state index is -3.16. The number of benzene rings is 2. The van der Waals surface area contributed by atoms with Gasteiger partial charge in [-0.1, -0.05) is 18.2 Å². The second-order valence-corrected chi connectivity index (χ2v) is 7.30. The fourth-order valence-corrected chi connectivity index (χ4v) is 3.21. The van der Waals surface area contributed by atoms with Crippen LogP contribution < -0.4 is 10.1 Å². The summed E-state index contributed by atoms with van der Waals surface area (Å²) >= 11 is 0. The first-order valence-electron chi connectivity index (χ1n) is 9.93. The number of para-hydroxylation sites is 1. The van der Waals surface area contributed by atoms with Gasteiger partial charge >= 0.3 is 0 Å². The number of fused-ring (bicyclic) bond motifs is 1. The summed E-state index contributed by atoms with van der Waals surface area (Å²) in [6.45, 7) is 1.78. The zero-order valence-corrected chi connectivity index (χ0v) is 17.8. The molecule has 0 bridgehead atoms. The Morgan fingerprint density at radius 1 is 1.09 bits per heavy atom. The predicted octanol–water partition coefficient (Wildman–Crippen LogP) is 5.87. The van der Waals surface area contributed by atoms with E-state index in [0.29, 0.717) is 16.3 Å². The topological polar surface area (TPSA) is 112 Å². The van der Waals surface area contributed by atoms with Crippen molar-refractivity contribution in [3.63, 3.8) is 0 Å². The van der Waals surface area contributed by atoms with E-state index in [1.54, 1.807) is 31.2 Å². The fraction of sp³-hybridized carbons (Fsp3) is 0.136. The first kappa shape index (κ1) is 23.6. The van der Waals surface area contributed by atoms with Gasteiger partial charge in [0, 0.05) is 18.2 Å². The summed E-state index contributed by atoms with van der Waals surface area (Å²) in [7, 11) is 0. The van der Waals surface area contributed by atoms with Crippen LogP contribution in [0.15, 0.2) is 54.6 Å². The van der Waals surface area contributed by atoms with Gasteiger partial charge in [0.15, 0.2) is 11.3 Å². The Morgan fingerprint density at radius 3 is 2.49 bits per heavy atom. The standard InChI is InChI=1S/C22H15F4N5O4/c1-11-4-2-3-5-18(11)35-14-7-12(6-13(8-14)31(33)34)27-22(32)16-10-19-28-15(20(23)24)9-17(21(25)26)30(19)29-16/h2-10,20-21H,1H3,(H,27,32). The molecule has 0 spiro atoms. The van der Waals surface area contributed by atoms with Gasteiger partial charge in [0.05, 0.1) is 16.7 Å². The molecule has 0 unspecified atom stereocenters. The van der Waals surface area contributed by atoms with E-state index in [1.165, 1.54) is 6.07 Å². The van der Waals surface area contributed by atoms with Crippen molar-refractivity contribution >= 4 is 22.9 Å². The Labute approximate surface area is 194 Å². The number of carbonyl (C=O) groups excluding carboxylic acids is 1. The summed E-state index contributed by atoms with van der Waals surface area (Å²) in [6.07, 6.45) is -6.27. The first-order valence-corrected chi connectivity index (χ1v) is 9.93. The molecule has 2 aromatic carbocycles. The molecule has 13 heteroatoms. The van der Waals surface area contributed by atoms with E-state index < -0.39 is 40.8 Å². The van der Waals surface area contributed by atoms with Crippen molar-refractivity contribution in [1.29, 1.82) is 0 Å². The number of nitro benzene ring substituents is 1. The third-order valence-electron chi connectivity index (χ3n) is 4.84. The Morgan fingerprint density at radius 2 is 1.83 bits per heavy atom. The van der Waals surface area contributed by atoms with Crippen LogP contribution in [0.1, 0.15) is 40.3 Å². The van der Waals surface area contributed by atoms with E-state index in [1.807, 2.05) is 0 Å². The van der Waals surface area contributed by atoms with Crippen LogP contribution in [0.25, 0.3) is 5.65 Å². The molecule has 35 heavy (non-hydrogen) atoms. The number of carbonyl (C=O) groups is 1. The van der Waals surface area contributed by atoms with Gasteiger partial charge in [-0.15, -0.1) is 0 Å². The van der Waals surface area contributed by atoms with Crippen LogP contribution in [0, 0.1) is 17.0 Å². The van der Waals surface area contributed by atoms with E-state index in [0.717, 1.165) is 23.8 Å².